The second-order valence-electron chi connectivity index (χ2n) is 4.09. The number of nitrogens with one attached hydrogen (secondary N) is 1. The number of benzene rings is 1. The van der Waals surface area contributed by atoms with Gasteiger partial charge < -0.3 is 5.73 Å². The molecule has 0 unspecified atom stereocenters. The van der Waals surface area contributed by atoms with E-state index < -0.39 is 15.8 Å². The SMILES string of the molecule is NCC#Cc1csc(CNS(=O)(=O)c2ccc(F)cc2)c1. The Morgan fingerprint density at radius 2 is 2.00 bits per heavy atom. The molecular weight excluding hydrogens is 311 g/mol. The molecule has 0 amide bonds. The third kappa shape index (κ3) is 4.37. The lowest BCUT2D eigenvalue weighted by molar-refractivity contribution is 0.581. The highest BCUT2D eigenvalue weighted by molar-refractivity contribution is 7.89. The van der Waals surface area contributed by atoms with Gasteiger partial charge >= 0.3 is 0 Å². The maximum absolute atomic E-state index is 12.8. The van der Waals surface area contributed by atoms with Gasteiger partial charge in [0.2, 0.25) is 10.0 Å². The molecule has 4 nitrogen and oxygen atoms in total. The summed E-state index contributed by atoms with van der Waals surface area (Å²) < 4.78 is 39.3. The van der Waals surface area contributed by atoms with Crippen molar-refractivity contribution in [3.63, 3.8) is 0 Å². The van der Waals surface area contributed by atoms with Gasteiger partial charge in [0.15, 0.2) is 0 Å². The smallest absolute Gasteiger partial charge is 0.240 e. The fourth-order valence-electron chi connectivity index (χ4n) is 1.56. The summed E-state index contributed by atoms with van der Waals surface area (Å²) in [6, 6.07) is 6.48. The molecule has 1 aromatic carbocycles. The summed E-state index contributed by atoms with van der Waals surface area (Å²) >= 11 is 1.41. The van der Waals surface area contributed by atoms with Gasteiger partial charge in [-0.3, -0.25) is 0 Å². The van der Waals surface area contributed by atoms with Gasteiger partial charge in [-0.2, -0.15) is 0 Å². The molecule has 3 N–H and O–H groups in total. The Morgan fingerprint density at radius 3 is 2.67 bits per heavy atom. The van der Waals surface area contributed by atoms with Crippen LogP contribution in [0.5, 0.6) is 0 Å². The van der Waals surface area contributed by atoms with Gasteiger partial charge in [0, 0.05) is 22.4 Å². The van der Waals surface area contributed by atoms with Crippen molar-refractivity contribution < 1.29 is 12.8 Å². The molecule has 0 saturated carbocycles. The summed E-state index contributed by atoms with van der Waals surface area (Å²) in [6.07, 6.45) is 0. The van der Waals surface area contributed by atoms with Gasteiger partial charge in [-0.25, -0.2) is 17.5 Å². The lowest BCUT2D eigenvalue weighted by atomic mass is 10.3. The van der Waals surface area contributed by atoms with Crippen LogP contribution in [0.2, 0.25) is 0 Å². The molecule has 110 valence electrons. The van der Waals surface area contributed by atoms with Gasteiger partial charge in [-0.1, -0.05) is 11.8 Å². The normalized spacial score (nSPS) is 11.0. The molecule has 1 heterocycles. The number of thiophene rings is 1. The van der Waals surface area contributed by atoms with Crippen LogP contribution < -0.4 is 10.5 Å². The molecule has 0 fully saturated rings. The largest absolute Gasteiger partial charge is 0.320 e. The number of hydrogen-bond donors (Lipinski definition) is 2. The van der Waals surface area contributed by atoms with Crippen molar-refractivity contribution in [1.82, 2.24) is 4.72 Å². The highest BCUT2D eigenvalue weighted by atomic mass is 32.2. The zero-order valence-corrected chi connectivity index (χ0v) is 12.6. The molecule has 1 aromatic heterocycles. The van der Waals surface area contributed by atoms with Gasteiger partial charge in [0.25, 0.3) is 0 Å². The molecule has 0 atom stereocenters. The summed E-state index contributed by atoms with van der Waals surface area (Å²) in [4.78, 5) is 0.866. The number of sulfonamides is 1. The first-order valence-corrected chi connectivity index (χ1v) is 8.39. The quantitative estimate of drug-likeness (QED) is 0.841. The Bertz CT molecular complexity index is 771. The highest BCUT2D eigenvalue weighted by Crippen LogP contribution is 2.15. The zero-order chi connectivity index (χ0) is 15.3. The van der Waals surface area contributed by atoms with E-state index in [0.29, 0.717) is 0 Å². The minimum absolute atomic E-state index is 0.0311. The molecule has 2 rings (SSSR count). The lowest BCUT2D eigenvalue weighted by Gasteiger charge is -2.05. The average molecular weight is 324 g/mol. The number of hydrogen-bond acceptors (Lipinski definition) is 4. The van der Waals surface area contributed by atoms with E-state index in [4.69, 9.17) is 5.73 Å². The van der Waals surface area contributed by atoms with Crippen molar-refractivity contribution in [1.29, 1.82) is 0 Å². The van der Waals surface area contributed by atoms with Crippen LogP contribution in [0.25, 0.3) is 0 Å². The van der Waals surface area contributed by atoms with E-state index in [1.165, 1.54) is 23.5 Å². The van der Waals surface area contributed by atoms with E-state index >= 15 is 0 Å². The average Bonchev–Trinajstić information content (AvgIpc) is 2.91. The van der Waals surface area contributed by atoms with Crippen LogP contribution >= 0.6 is 11.3 Å². The van der Waals surface area contributed by atoms with E-state index in [1.54, 1.807) is 6.07 Å². The molecule has 0 aliphatic rings. The Morgan fingerprint density at radius 1 is 1.29 bits per heavy atom. The fourth-order valence-corrected chi connectivity index (χ4v) is 3.41. The van der Waals surface area contributed by atoms with Crippen LogP contribution in [-0.2, 0) is 16.6 Å². The first-order valence-electron chi connectivity index (χ1n) is 6.03. The molecule has 2 aromatic rings. The van der Waals surface area contributed by atoms with Crippen molar-refractivity contribution in [2.75, 3.05) is 6.54 Å². The van der Waals surface area contributed by atoms with Crippen LogP contribution in [0.4, 0.5) is 4.39 Å². The monoisotopic (exact) mass is 324 g/mol. The van der Waals surface area contributed by atoms with Crippen LogP contribution in [-0.4, -0.2) is 15.0 Å². The molecule has 0 radical (unpaired) electrons. The van der Waals surface area contributed by atoms with Crippen LogP contribution in [0.1, 0.15) is 10.4 Å². The minimum Gasteiger partial charge on any atom is -0.320 e. The lowest BCUT2D eigenvalue weighted by Crippen LogP contribution is -2.22. The third-order valence-electron chi connectivity index (χ3n) is 2.55. The third-order valence-corrected chi connectivity index (χ3v) is 4.90. The van der Waals surface area contributed by atoms with E-state index in [9.17, 15) is 12.8 Å². The number of nitrogens with two attached hydrogens (primary N) is 1. The number of halogens is 1. The molecule has 0 spiro atoms. The first-order chi connectivity index (χ1) is 10.0. The predicted octanol–water partition coefficient (Wildman–Crippen LogP) is 1.68. The standard InChI is InChI=1S/C14H13FN2O2S2/c15-12-3-5-14(6-4-12)21(18,19)17-9-13-8-11(10-20-13)2-1-7-16/h3-6,8,10,17H,7,9,16H2. The maximum atomic E-state index is 12.8. The summed E-state index contributed by atoms with van der Waals surface area (Å²) in [6.45, 7) is 0.442. The Hall–Kier alpha value is -1.72. The molecule has 0 saturated heterocycles. The van der Waals surface area contributed by atoms with Crippen LogP contribution in [0.15, 0.2) is 40.6 Å². The van der Waals surface area contributed by atoms with Gasteiger partial charge in [0.1, 0.15) is 5.82 Å². The summed E-state index contributed by atoms with van der Waals surface area (Å²) in [5.74, 6) is 5.13. The number of rotatable bonds is 4. The molecular formula is C14H13FN2O2S2. The maximum Gasteiger partial charge on any atom is 0.240 e. The van der Waals surface area contributed by atoms with E-state index in [0.717, 1.165) is 22.6 Å². The van der Waals surface area contributed by atoms with Crippen molar-refractivity contribution >= 4 is 21.4 Å². The second-order valence-corrected chi connectivity index (χ2v) is 6.85. The van der Waals surface area contributed by atoms with Crippen LogP contribution in [0.3, 0.4) is 0 Å². The topological polar surface area (TPSA) is 72.2 Å². The Labute approximate surface area is 126 Å². The van der Waals surface area contributed by atoms with E-state index in [1.807, 2.05) is 5.38 Å². The molecule has 0 bridgehead atoms. The second kappa shape index (κ2) is 6.83. The summed E-state index contributed by atoms with van der Waals surface area (Å²) in [7, 11) is -3.65. The molecule has 7 heteroatoms. The molecule has 21 heavy (non-hydrogen) atoms. The predicted molar refractivity (Wildman–Crippen MR) is 80.7 cm³/mol. The summed E-state index contributed by atoms with van der Waals surface area (Å²) in [5.41, 5.74) is 6.09. The zero-order valence-electron chi connectivity index (χ0n) is 11.0. The Kier molecular flexibility index (Phi) is 5.09. The molecule has 0 aliphatic carbocycles. The van der Waals surface area contributed by atoms with Gasteiger partial charge in [0.05, 0.1) is 11.4 Å². The van der Waals surface area contributed by atoms with Crippen molar-refractivity contribution in [2.24, 2.45) is 5.73 Å². The van der Waals surface area contributed by atoms with Crippen molar-refractivity contribution in [3.05, 3.63) is 52.0 Å². The summed E-state index contributed by atoms with van der Waals surface area (Å²) in [5, 5.41) is 1.84. The van der Waals surface area contributed by atoms with Crippen LogP contribution in [0, 0.1) is 17.7 Å². The van der Waals surface area contributed by atoms with Gasteiger partial charge in [-0.05, 0) is 30.3 Å². The van der Waals surface area contributed by atoms with Crippen molar-refractivity contribution in [2.45, 2.75) is 11.4 Å². The first kappa shape index (κ1) is 15.7. The Balaban J connectivity index is 2.05. The van der Waals surface area contributed by atoms with Gasteiger partial charge in [-0.15, -0.1) is 11.3 Å². The van der Waals surface area contributed by atoms with Crippen molar-refractivity contribution in [3.8, 4) is 11.8 Å². The highest BCUT2D eigenvalue weighted by Gasteiger charge is 2.13. The fraction of sp³-hybridized carbons (Fsp3) is 0.143. The minimum atomic E-state index is -3.65. The van der Waals surface area contributed by atoms with E-state index in [-0.39, 0.29) is 18.0 Å². The molecule has 0 aliphatic heterocycles. The van der Waals surface area contributed by atoms with E-state index in [2.05, 4.69) is 16.6 Å².